The Morgan fingerprint density at radius 3 is 3.00 bits per heavy atom. The van der Waals surface area contributed by atoms with Gasteiger partial charge >= 0.3 is 0 Å². The highest BCUT2D eigenvalue weighted by molar-refractivity contribution is 5.92. The molecule has 0 aliphatic rings. The number of carbonyl (C=O) groups is 1. The van der Waals surface area contributed by atoms with Crippen molar-refractivity contribution in [2.75, 3.05) is 6.54 Å². The highest BCUT2D eigenvalue weighted by Crippen LogP contribution is 2.03. The lowest BCUT2D eigenvalue weighted by Gasteiger charge is -2.01. The van der Waals surface area contributed by atoms with Crippen LogP contribution in [0.1, 0.15) is 23.1 Å². The summed E-state index contributed by atoms with van der Waals surface area (Å²) in [5, 5.41) is 6.90. The maximum absolute atomic E-state index is 11.5. The standard InChI is InChI=1S/C10H15N3O/c1-4-6-11-10(14)9-7-8(5-2)12-13(9)3/h4,7H,1,5-6H2,2-3H3,(H,11,14). The van der Waals surface area contributed by atoms with E-state index in [0.717, 1.165) is 12.1 Å². The van der Waals surface area contributed by atoms with E-state index in [9.17, 15) is 4.79 Å². The largest absolute Gasteiger partial charge is 0.347 e. The van der Waals surface area contributed by atoms with Crippen LogP contribution >= 0.6 is 0 Å². The summed E-state index contributed by atoms with van der Waals surface area (Å²) in [6.45, 7) is 6.02. The first-order chi connectivity index (χ1) is 6.69. The molecule has 1 aromatic heterocycles. The van der Waals surface area contributed by atoms with Crippen LogP contribution in [0.3, 0.4) is 0 Å². The molecule has 4 heteroatoms. The molecule has 14 heavy (non-hydrogen) atoms. The highest BCUT2D eigenvalue weighted by atomic mass is 16.2. The number of nitrogens with zero attached hydrogens (tertiary/aromatic N) is 2. The molecular weight excluding hydrogens is 178 g/mol. The molecule has 0 bridgehead atoms. The van der Waals surface area contributed by atoms with E-state index in [4.69, 9.17) is 0 Å². The van der Waals surface area contributed by atoms with E-state index in [1.807, 2.05) is 6.92 Å². The fourth-order valence-electron chi connectivity index (χ4n) is 1.17. The van der Waals surface area contributed by atoms with Gasteiger partial charge in [0, 0.05) is 13.6 Å². The van der Waals surface area contributed by atoms with Gasteiger partial charge in [-0.25, -0.2) is 0 Å². The quantitative estimate of drug-likeness (QED) is 0.722. The zero-order valence-corrected chi connectivity index (χ0v) is 8.58. The third kappa shape index (κ3) is 2.22. The lowest BCUT2D eigenvalue weighted by molar-refractivity contribution is 0.0948. The number of aromatic nitrogens is 2. The predicted octanol–water partition coefficient (Wildman–Crippen LogP) is 0.898. The Labute approximate surface area is 83.6 Å². The van der Waals surface area contributed by atoms with E-state index in [0.29, 0.717) is 12.2 Å². The molecule has 0 aliphatic carbocycles. The number of aryl methyl sites for hydroxylation is 2. The Bertz CT molecular complexity index is 341. The van der Waals surface area contributed by atoms with Crippen LogP contribution in [0.2, 0.25) is 0 Å². The van der Waals surface area contributed by atoms with Gasteiger partial charge in [0.2, 0.25) is 0 Å². The second-order valence-electron chi connectivity index (χ2n) is 3.00. The Morgan fingerprint density at radius 2 is 2.50 bits per heavy atom. The van der Waals surface area contributed by atoms with Crippen molar-refractivity contribution >= 4 is 5.91 Å². The molecule has 76 valence electrons. The number of nitrogens with one attached hydrogen (secondary N) is 1. The lowest BCUT2D eigenvalue weighted by atomic mass is 10.3. The first-order valence-electron chi connectivity index (χ1n) is 4.61. The molecule has 1 heterocycles. The van der Waals surface area contributed by atoms with E-state index in [-0.39, 0.29) is 5.91 Å². The van der Waals surface area contributed by atoms with E-state index in [1.165, 1.54) is 0 Å². The topological polar surface area (TPSA) is 46.9 Å². The number of hydrogen-bond donors (Lipinski definition) is 1. The molecule has 1 N–H and O–H groups in total. The Hall–Kier alpha value is -1.58. The van der Waals surface area contributed by atoms with Gasteiger partial charge in [0.05, 0.1) is 5.69 Å². The Kier molecular flexibility index (Phi) is 3.45. The van der Waals surface area contributed by atoms with E-state index in [1.54, 1.807) is 23.9 Å². The van der Waals surface area contributed by atoms with Crippen molar-refractivity contribution in [3.05, 3.63) is 30.1 Å². The molecule has 0 atom stereocenters. The molecule has 1 amide bonds. The van der Waals surface area contributed by atoms with Crippen molar-refractivity contribution in [2.24, 2.45) is 7.05 Å². The van der Waals surface area contributed by atoms with Crippen LogP contribution in [0.4, 0.5) is 0 Å². The van der Waals surface area contributed by atoms with Crippen LogP contribution in [0.5, 0.6) is 0 Å². The van der Waals surface area contributed by atoms with Gasteiger partial charge in [0.15, 0.2) is 0 Å². The first-order valence-corrected chi connectivity index (χ1v) is 4.61. The summed E-state index contributed by atoms with van der Waals surface area (Å²) < 4.78 is 1.59. The van der Waals surface area contributed by atoms with Crippen LogP contribution in [-0.2, 0) is 13.5 Å². The molecule has 1 aromatic rings. The van der Waals surface area contributed by atoms with Gasteiger partial charge in [-0.15, -0.1) is 6.58 Å². The zero-order chi connectivity index (χ0) is 10.6. The molecule has 0 aliphatic heterocycles. The fraction of sp³-hybridized carbons (Fsp3) is 0.400. The minimum Gasteiger partial charge on any atom is -0.347 e. The van der Waals surface area contributed by atoms with E-state index >= 15 is 0 Å². The van der Waals surface area contributed by atoms with Crippen LogP contribution in [-0.4, -0.2) is 22.2 Å². The average Bonchev–Trinajstić information content (AvgIpc) is 2.56. The zero-order valence-electron chi connectivity index (χ0n) is 8.58. The van der Waals surface area contributed by atoms with E-state index in [2.05, 4.69) is 17.0 Å². The summed E-state index contributed by atoms with van der Waals surface area (Å²) in [6.07, 6.45) is 2.48. The van der Waals surface area contributed by atoms with Gasteiger partial charge in [-0.1, -0.05) is 13.0 Å². The maximum Gasteiger partial charge on any atom is 0.269 e. The molecular formula is C10H15N3O. The molecule has 0 spiro atoms. The number of rotatable bonds is 4. The Balaban J connectivity index is 2.78. The molecule has 1 rings (SSSR count). The van der Waals surface area contributed by atoms with Crippen LogP contribution in [0.15, 0.2) is 18.7 Å². The Morgan fingerprint density at radius 1 is 1.79 bits per heavy atom. The molecule has 0 saturated carbocycles. The van der Waals surface area contributed by atoms with Gasteiger partial charge < -0.3 is 5.32 Å². The third-order valence-electron chi connectivity index (χ3n) is 1.93. The van der Waals surface area contributed by atoms with Gasteiger partial charge in [0.1, 0.15) is 5.69 Å². The number of hydrogen-bond acceptors (Lipinski definition) is 2. The van der Waals surface area contributed by atoms with Gasteiger partial charge in [-0.05, 0) is 12.5 Å². The minimum absolute atomic E-state index is 0.111. The predicted molar refractivity (Wildman–Crippen MR) is 55.1 cm³/mol. The summed E-state index contributed by atoms with van der Waals surface area (Å²) in [7, 11) is 1.77. The third-order valence-corrected chi connectivity index (χ3v) is 1.93. The molecule has 0 aromatic carbocycles. The van der Waals surface area contributed by atoms with Crippen LogP contribution in [0, 0.1) is 0 Å². The van der Waals surface area contributed by atoms with E-state index < -0.39 is 0 Å². The van der Waals surface area contributed by atoms with Crippen molar-refractivity contribution in [3.63, 3.8) is 0 Å². The van der Waals surface area contributed by atoms with Gasteiger partial charge in [-0.3, -0.25) is 9.48 Å². The molecule has 4 nitrogen and oxygen atoms in total. The molecule has 0 radical (unpaired) electrons. The van der Waals surface area contributed by atoms with Crippen LogP contribution < -0.4 is 5.32 Å². The number of amides is 1. The minimum atomic E-state index is -0.111. The van der Waals surface area contributed by atoms with Crippen molar-refractivity contribution in [1.82, 2.24) is 15.1 Å². The smallest absolute Gasteiger partial charge is 0.269 e. The van der Waals surface area contributed by atoms with Gasteiger partial charge in [0.25, 0.3) is 5.91 Å². The highest BCUT2D eigenvalue weighted by Gasteiger charge is 2.10. The van der Waals surface area contributed by atoms with Gasteiger partial charge in [-0.2, -0.15) is 5.10 Å². The van der Waals surface area contributed by atoms with Crippen molar-refractivity contribution in [1.29, 1.82) is 0 Å². The maximum atomic E-state index is 11.5. The first kappa shape index (κ1) is 10.5. The monoisotopic (exact) mass is 193 g/mol. The summed E-state index contributed by atoms with van der Waals surface area (Å²) in [4.78, 5) is 11.5. The molecule has 0 saturated heterocycles. The summed E-state index contributed by atoms with van der Waals surface area (Å²) >= 11 is 0. The van der Waals surface area contributed by atoms with Crippen molar-refractivity contribution < 1.29 is 4.79 Å². The fourth-order valence-corrected chi connectivity index (χ4v) is 1.17. The molecule has 0 fully saturated rings. The second-order valence-corrected chi connectivity index (χ2v) is 3.00. The SMILES string of the molecule is C=CCNC(=O)c1cc(CC)nn1C. The van der Waals surface area contributed by atoms with Crippen LogP contribution in [0.25, 0.3) is 0 Å². The summed E-state index contributed by atoms with van der Waals surface area (Å²) in [6, 6.07) is 1.80. The summed E-state index contributed by atoms with van der Waals surface area (Å²) in [5.74, 6) is -0.111. The second kappa shape index (κ2) is 4.60. The average molecular weight is 193 g/mol. The number of carbonyl (C=O) groups excluding carboxylic acids is 1. The lowest BCUT2D eigenvalue weighted by Crippen LogP contribution is -2.25. The normalized spacial score (nSPS) is 9.86. The molecule has 0 unspecified atom stereocenters. The van der Waals surface area contributed by atoms with Crippen molar-refractivity contribution in [2.45, 2.75) is 13.3 Å². The summed E-state index contributed by atoms with van der Waals surface area (Å²) in [5.41, 5.74) is 1.51. The van der Waals surface area contributed by atoms with Crippen molar-refractivity contribution in [3.8, 4) is 0 Å².